The van der Waals surface area contributed by atoms with Crippen molar-refractivity contribution in [2.75, 3.05) is 21.1 Å². The van der Waals surface area contributed by atoms with Crippen molar-refractivity contribution in [3.63, 3.8) is 0 Å². The van der Waals surface area contributed by atoms with Crippen LogP contribution in [0.15, 0.2) is 12.4 Å². The van der Waals surface area contributed by atoms with Gasteiger partial charge in [0, 0.05) is 24.8 Å². The molecule has 4 nitrogen and oxygen atoms in total. The Kier molecular flexibility index (Phi) is 4.63. The second-order valence-corrected chi connectivity index (χ2v) is 6.13. The molecule has 1 N–H and O–H groups in total. The van der Waals surface area contributed by atoms with E-state index in [2.05, 4.69) is 42.7 Å². The Bertz CT molecular complexity index is 391. The summed E-state index contributed by atoms with van der Waals surface area (Å²) >= 11 is 0. The molecular formula is C15H28N4. The number of aryl methyl sites for hydroxylation is 1. The zero-order chi connectivity index (χ0) is 13.9. The highest BCUT2D eigenvalue weighted by Gasteiger charge is 2.40. The van der Waals surface area contributed by atoms with Crippen molar-refractivity contribution in [3.8, 4) is 0 Å². The van der Waals surface area contributed by atoms with E-state index >= 15 is 0 Å². The topological polar surface area (TPSA) is 33.1 Å². The zero-order valence-corrected chi connectivity index (χ0v) is 12.8. The van der Waals surface area contributed by atoms with Crippen LogP contribution in [0.5, 0.6) is 0 Å². The molecule has 1 heterocycles. The largest absolute Gasteiger partial charge is 0.315 e. The van der Waals surface area contributed by atoms with E-state index in [0.29, 0.717) is 11.6 Å². The van der Waals surface area contributed by atoms with Crippen molar-refractivity contribution < 1.29 is 0 Å². The first kappa shape index (κ1) is 14.5. The number of hydrogen-bond donors (Lipinski definition) is 1. The molecule has 4 heteroatoms. The van der Waals surface area contributed by atoms with E-state index in [1.54, 1.807) is 0 Å². The molecule has 1 fully saturated rings. The molecule has 19 heavy (non-hydrogen) atoms. The first-order chi connectivity index (χ1) is 9.08. The first-order valence-electron chi connectivity index (χ1n) is 7.41. The highest BCUT2D eigenvalue weighted by molar-refractivity contribution is 5.11. The lowest BCUT2D eigenvalue weighted by Gasteiger charge is -2.48. The van der Waals surface area contributed by atoms with Crippen LogP contribution in [0.25, 0.3) is 0 Å². The summed E-state index contributed by atoms with van der Waals surface area (Å²) in [6, 6.07) is 0.493. The average molecular weight is 264 g/mol. The fraction of sp³-hybridized carbons (Fsp3) is 0.800. The molecule has 1 saturated carbocycles. The summed E-state index contributed by atoms with van der Waals surface area (Å²) in [5, 5.41) is 7.86. The quantitative estimate of drug-likeness (QED) is 0.880. The molecule has 0 aliphatic heterocycles. The molecular weight excluding hydrogens is 236 g/mol. The lowest BCUT2D eigenvalue weighted by atomic mass is 9.73. The molecule has 1 aliphatic carbocycles. The van der Waals surface area contributed by atoms with Gasteiger partial charge in [0.2, 0.25) is 0 Å². The van der Waals surface area contributed by atoms with Crippen molar-refractivity contribution >= 4 is 0 Å². The van der Waals surface area contributed by atoms with Gasteiger partial charge in [0.15, 0.2) is 0 Å². The van der Waals surface area contributed by atoms with E-state index in [0.717, 1.165) is 6.42 Å². The van der Waals surface area contributed by atoms with Crippen LogP contribution in [-0.4, -0.2) is 47.4 Å². The number of nitrogens with zero attached hydrogens (tertiary/aromatic N) is 3. The van der Waals surface area contributed by atoms with Crippen molar-refractivity contribution in [2.45, 2.75) is 50.1 Å². The summed E-state index contributed by atoms with van der Waals surface area (Å²) in [6.07, 6.45) is 11.9. The van der Waals surface area contributed by atoms with Gasteiger partial charge < -0.3 is 10.2 Å². The van der Waals surface area contributed by atoms with Gasteiger partial charge in [-0.15, -0.1) is 0 Å². The number of nitrogens with one attached hydrogen (secondary N) is 1. The van der Waals surface area contributed by atoms with Crippen LogP contribution in [-0.2, 0) is 13.5 Å². The second kappa shape index (κ2) is 6.06. The first-order valence-corrected chi connectivity index (χ1v) is 7.41. The molecule has 1 unspecified atom stereocenters. The molecule has 1 aliphatic rings. The maximum atomic E-state index is 4.29. The van der Waals surface area contributed by atoms with Gasteiger partial charge in [0.25, 0.3) is 0 Å². The van der Waals surface area contributed by atoms with Crippen LogP contribution >= 0.6 is 0 Å². The van der Waals surface area contributed by atoms with Crippen molar-refractivity contribution in [3.05, 3.63) is 18.0 Å². The fourth-order valence-corrected chi connectivity index (χ4v) is 3.65. The molecule has 1 atom stereocenters. The monoisotopic (exact) mass is 264 g/mol. The fourth-order valence-electron chi connectivity index (χ4n) is 3.65. The predicted octanol–water partition coefficient (Wildman–Crippen LogP) is 1.82. The lowest BCUT2D eigenvalue weighted by Crippen LogP contribution is -2.60. The summed E-state index contributed by atoms with van der Waals surface area (Å²) in [6.45, 7) is 0. The Morgan fingerprint density at radius 2 is 2.05 bits per heavy atom. The molecule has 0 bridgehead atoms. The van der Waals surface area contributed by atoms with E-state index in [9.17, 15) is 0 Å². The minimum Gasteiger partial charge on any atom is -0.315 e. The highest BCUT2D eigenvalue weighted by atomic mass is 15.2. The molecule has 0 amide bonds. The molecule has 108 valence electrons. The maximum absolute atomic E-state index is 4.29. The van der Waals surface area contributed by atoms with Gasteiger partial charge in [0.05, 0.1) is 6.20 Å². The van der Waals surface area contributed by atoms with Gasteiger partial charge in [-0.05, 0) is 46.0 Å². The summed E-state index contributed by atoms with van der Waals surface area (Å²) in [7, 11) is 8.55. The molecule has 1 aromatic heterocycles. The molecule has 1 aromatic rings. The van der Waals surface area contributed by atoms with Gasteiger partial charge >= 0.3 is 0 Å². The van der Waals surface area contributed by atoms with Crippen LogP contribution in [0, 0.1) is 0 Å². The summed E-state index contributed by atoms with van der Waals surface area (Å²) in [5.41, 5.74) is 1.62. The highest BCUT2D eigenvalue weighted by Crippen LogP contribution is 2.36. The Morgan fingerprint density at radius 3 is 2.53 bits per heavy atom. The number of aromatic nitrogens is 2. The van der Waals surface area contributed by atoms with E-state index < -0.39 is 0 Å². The smallest absolute Gasteiger partial charge is 0.0522 e. The number of likely N-dealkylation sites (N-methyl/N-ethyl adjacent to an activating group) is 2. The van der Waals surface area contributed by atoms with Crippen molar-refractivity contribution in [2.24, 2.45) is 7.05 Å². The van der Waals surface area contributed by atoms with Gasteiger partial charge in [-0.3, -0.25) is 4.68 Å². The maximum Gasteiger partial charge on any atom is 0.0522 e. The molecule has 0 radical (unpaired) electrons. The van der Waals surface area contributed by atoms with Crippen molar-refractivity contribution in [1.29, 1.82) is 0 Å². The third-order valence-corrected chi connectivity index (χ3v) is 4.81. The number of hydrogen-bond acceptors (Lipinski definition) is 3. The average Bonchev–Trinajstić information content (AvgIpc) is 2.82. The standard InChI is InChI=1S/C15H28N4/c1-16-14(10-13-11-17-19(4)12-13)15(18(2)3)8-6-5-7-9-15/h11-12,14,16H,5-10H2,1-4H3. The summed E-state index contributed by atoms with van der Waals surface area (Å²) in [5.74, 6) is 0. The Morgan fingerprint density at radius 1 is 1.37 bits per heavy atom. The van der Waals surface area contributed by atoms with Gasteiger partial charge in [0.1, 0.15) is 0 Å². The summed E-state index contributed by atoms with van der Waals surface area (Å²) < 4.78 is 1.89. The van der Waals surface area contributed by atoms with Gasteiger partial charge in [-0.1, -0.05) is 19.3 Å². The van der Waals surface area contributed by atoms with Crippen LogP contribution in [0.4, 0.5) is 0 Å². The van der Waals surface area contributed by atoms with E-state index in [-0.39, 0.29) is 0 Å². The van der Waals surface area contributed by atoms with E-state index in [1.165, 1.54) is 37.7 Å². The second-order valence-electron chi connectivity index (χ2n) is 6.13. The van der Waals surface area contributed by atoms with Crippen LogP contribution in [0.3, 0.4) is 0 Å². The van der Waals surface area contributed by atoms with Crippen LogP contribution < -0.4 is 5.32 Å². The Balaban J connectivity index is 2.17. The van der Waals surface area contributed by atoms with Gasteiger partial charge in [-0.25, -0.2) is 0 Å². The Hall–Kier alpha value is -0.870. The lowest BCUT2D eigenvalue weighted by molar-refractivity contribution is 0.0598. The molecule has 0 saturated heterocycles. The number of rotatable bonds is 5. The van der Waals surface area contributed by atoms with Crippen LogP contribution in [0.2, 0.25) is 0 Å². The molecule has 2 rings (SSSR count). The third-order valence-electron chi connectivity index (χ3n) is 4.81. The zero-order valence-electron chi connectivity index (χ0n) is 12.8. The van der Waals surface area contributed by atoms with Gasteiger partial charge in [-0.2, -0.15) is 5.10 Å². The minimum atomic E-state index is 0.294. The van der Waals surface area contributed by atoms with E-state index in [4.69, 9.17) is 0 Å². The Labute approximate surface area is 117 Å². The van der Waals surface area contributed by atoms with Crippen LogP contribution in [0.1, 0.15) is 37.7 Å². The SMILES string of the molecule is CNC(Cc1cnn(C)c1)C1(N(C)C)CCCCC1. The third kappa shape index (κ3) is 3.00. The predicted molar refractivity (Wildman–Crippen MR) is 79.3 cm³/mol. The summed E-state index contributed by atoms with van der Waals surface area (Å²) in [4.78, 5) is 2.45. The normalized spacial score (nSPS) is 20.7. The molecule has 0 spiro atoms. The van der Waals surface area contributed by atoms with Crippen molar-refractivity contribution in [1.82, 2.24) is 20.0 Å². The van der Waals surface area contributed by atoms with E-state index in [1.807, 2.05) is 17.9 Å². The minimum absolute atomic E-state index is 0.294. The molecule has 0 aromatic carbocycles.